The van der Waals surface area contributed by atoms with Gasteiger partial charge in [0.1, 0.15) is 0 Å². The summed E-state index contributed by atoms with van der Waals surface area (Å²) in [5.41, 5.74) is 2.64. The Morgan fingerprint density at radius 3 is 1.98 bits per heavy atom. The van der Waals surface area contributed by atoms with Gasteiger partial charge in [-0.25, -0.2) is 4.99 Å². The topological polar surface area (TPSA) is 181 Å². The van der Waals surface area contributed by atoms with E-state index in [4.69, 9.17) is 9.05 Å². The summed E-state index contributed by atoms with van der Waals surface area (Å²) in [6.07, 6.45) is 14.0. The number of ketones is 1. The quantitative estimate of drug-likeness (QED) is 0.0369. The minimum Gasteiger partial charge on any atom is -0.504 e. The first kappa shape index (κ1) is 46.3. The van der Waals surface area contributed by atoms with E-state index in [-0.39, 0.29) is 29.8 Å². The van der Waals surface area contributed by atoms with Crippen molar-refractivity contribution >= 4 is 44.6 Å². The van der Waals surface area contributed by atoms with Crippen molar-refractivity contribution in [1.82, 2.24) is 10.6 Å². The van der Waals surface area contributed by atoms with E-state index in [1.807, 2.05) is 38.1 Å². The first-order chi connectivity index (χ1) is 25.3. The van der Waals surface area contributed by atoms with Gasteiger partial charge in [-0.1, -0.05) is 65.5 Å². The van der Waals surface area contributed by atoms with Crippen LogP contribution in [0.3, 0.4) is 0 Å². The second-order valence-corrected chi connectivity index (χ2v) is 18.6. The maximum Gasteiger partial charge on any atom is 0.330 e. The molecule has 53 heavy (non-hydrogen) atoms. The fraction of sp³-hybridized carbons (Fsp3) is 0.641. The fourth-order valence-corrected chi connectivity index (χ4v) is 6.68. The van der Waals surface area contributed by atoms with Crippen LogP contribution in [-0.4, -0.2) is 70.9 Å². The Morgan fingerprint density at radius 1 is 0.792 bits per heavy atom. The van der Waals surface area contributed by atoms with Crippen molar-refractivity contribution in [2.75, 3.05) is 26.3 Å². The summed E-state index contributed by atoms with van der Waals surface area (Å²) in [6.45, 7) is 9.11. The lowest BCUT2D eigenvalue weighted by molar-refractivity contribution is -0.122. The summed E-state index contributed by atoms with van der Waals surface area (Å²) in [5, 5.41) is 16.0. The van der Waals surface area contributed by atoms with Crippen molar-refractivity contribution in [3.63, 3.8) is 0 Å². The smallest absolute Gasteiger partial charge is 0.330 e. The van der Waals surface area contributed by atoms with Crippen LogP contribution in [0.4, 0.5) is 5.69 Å². The average Bonchev–Trinajstić information content (AvgIpc) is 3.11. The molecule has 4 N–H and O–H groups in total. The van der Waals surface area contributed by atoms with Crippen LogP contribution in [0.2, 0.25) is 0 Å². The lowest BCUT2D eigenvalue weighted by Gasteiger charge is -2.15. The number of aryl methyl sites for hydroxylation is 1. The predicted octanol–water partition coefficient (Wildman–Crippen LogP) is 8.46. The van der Waals surface area contributed by atoms with Crippen molar-refractivity contribution in [3.05, 3.63) is 53.3 Å². The van der Waals surface area contributed by atoms with Crippen LogP contribution in [0, 0.1) is 0 Å². The molecule has 2 amide bonds. The number of hydrogen-bond acceptors (Lipinski definition) is 9. The zero-order valence-electron chi connectivity index (χ0n) is 32.2. The number of aliphatic hydroxyl groups is 1. The van der Waals surface area contributed by atoms with E-state index in [0.29, 0.717) is 68.8 Å². The number of hydrogen-bond donors (Lipinski definition) is 4. The van der Waals surface area contributed by atoms with Crippen molar-refractivity contribution in [3.8, 4) is 0 Å². The molecule has 12 nitrogen and oxygen atoms in total. The van der Waals surface area contributed by atoms with Gasteiger partial charge in [-0.2, -0.15) is 0 Å². The standard InChI is InChI=1S/C39H63N3O9P2/c1-30(2)52(47)50-26-13-7-5-11-24-40-38(45)18-10-9-16-32-20-22-34(23-21-32)42-35-29-37(44)36(43)28-33(35)17-15-19-39(46)41-25-12-6-8-14-27-51-53(48,49)31(3)4/h20-23,28-31,44,52H,5-19,24-27H2,1-4H3,(H,40,45)(H,41,46)(H,48,49)/b42-35+. The summed E-state index contributed by atoms with van der Waals surface area (Å²) in [4.78, 5) is 51.1. The number of nitrogens with one attached hydrogen (secondary N) is 2. The third-order valence-electron chi connectivity index (χ3n) is 8.75. The minimum absolute atomic E-state index is 0.0670. The first-order valence-corrected chi connectivity index (χ1v) is 22.3. The van der Waals surface area contributed by atoms with E-state index in [9.17, 15) is 33.5 Å². The maximum atomic E-state index is 12.4. The molecule has 0 radical (unpaired) electrons. The Kier molecular flexibility index (Phi) is 22.7. The number of nitrogens with zero attached hydrogens (tertiary/aromatic N) is 1. The maximum absolute atomic E-state index is 12.4. The molecule has 0 saturated heterocycles. The first-order valence-electron chi connectivity index (χ1n) is 19.3. The van der Waals surface area contributed by atoms with Crippen LogP contribution in [-0.2, 0) is 39.0 Å². The van der Waals surface area contributed by atoms with Crippen molar-refractivity contribution in [1.29, 1.82) is 0 Å². The number of carbonyl (C=O) groups excluding carboxylic acids is 3. The van der Waals surface area contributed by atoms with Crippen LogP contribution in [0.5, 0.6) is 0 Å². The molecule has 1 aliphatic carbocycles. The summed E-state index contributed by atoms with van der Waals surface area (Å²) in [5.74, 6) is -0.860. The highest BCUT2D eigenvalue weighted by atomic mass is 31.2. The van der Waals surface area contributed by atoms with Gasteiger partial charge >= 0.3 is 7.60 Å². The molecule has 0 aromatic heterocycles. The highest BCUT2D eigenvalue weighted by Crippen LogP contribution is 2.47. The van der Waals surface area contributed by atoms with E-state index in [2.05, 4.69) is 15.6 Å². The summed E-state index contributed by atoms with van der Waals surface area (Å²) < 4.78 is 33.9. The zero-order valence-corrected chi connectivity index (χ0v) is 34.1. The fourth-order valence-electron chi connectivity index (χ4n) is 5.31. The molecule has 0 aliphatic heterocycles. The van der Waals surface area contributed by atoms with Gasteiger partial charge in [0.05, 0.1) is 30.3 Å². The van der Waals surface area contributed by atoms with E-state index in [0.717, 1.165) is 69.8 Å². The Bertz CT molecular complexity index is 1460. The van der Waals surface area contributed by atoms with Crippen molar-refractivity contribution in [2.24, 2.45) is 4.99 Å². The van der Waals surface area contributed by atoms with Crippen LogP contribution in [0.1, 0.15) is 123 Å². The molecule has 0 bridgehead atoms. The molecule has 0 saturated carbocycles. The summed E-state index contributed by atoms with van der Waals surface area (Å²) >= 11 is 0. The molecular formula is C39H63N3O9P2. The van der Waals surface area contributed by atoms with Gasteiger partial charge in [0.25, 0.3) is 0 Å². The SMILES string of the molecule is CC(C)[PH](=O)OCCCCCCNC(=O)CCCCc1ccc(/N=C2\C=C(O)C(=O)C=C2CCCC(=O)NCCCCCCOP(=O)(O)C(C)C)cc1. The number of rotatable bonds is 28. The minimum atomic E-state index is -3.52. The Hall–Kier alpha value is -2.88. The molecule has 14 heteroatoms. The number of amides is 2. The molecule has 0 heterocycles. The van der Waals surface area contributed by atoms with Crippen LogP contribution in [0.15, 0.2) is 52.7 Å². The predicted molar refractivity (Wildman–Crippen MR) is 213 cm³/mol. The van der Waals surface area contributed by atoms with Crippen molar-refractivity contribution in [2.45, 2.75) is 135 Å². The molecule has 1 aliphatic rings. The van der Waals surface area contributed by atoms with Gasteiger partial charge < -0.3 is 29.7 Å². The van der Waals surface area contributed by atoms with Gasteiger partial charge in [0.15, 0.2) is 13.8 Å². The second-order valence-electron chi connectivity index (χ2n) is 14.1. The van der Waals surface area contributed by atoms with Gasteiger partial charge in [-0.05, 0) is 87.1 Å². The Morgan fingerprint density at radius 2 is 1.38 bits per heavy atom. The second kappa shape index (κ2) is 26.0. The van der Waals surface area contributed by atoms with Crippen molar-refractivity contribution < 1.29 is 42.6 Å². The summed E-state index contributed by atoms with van der Waals surface area (Å²) in [6, 6.07) is 7.76. The number of allylic oxidation sites excluding steroid dienone is 3. The van der Waals surface area contributed by atoms with E-state index in [1.54, 1.807) is 13.8 Å². The van der Waals surface area contributed by atoms with Crippen LogP contribution in [0.25, 0.3) is 0 Å². The number of aliphatic imine (C=N–C) groups is 1. The number of unbranched alkanes of at least 4 members (excludes halogenated alkanes) is 7. The van der Waals surface area contributed by atoms with E-state index < -0.39 is 27.1 Å². The molecule has 1 aromatic carbocycles. The molecule has 0 fully saturated rings. The monoisotopic (exact) mass is 779 g/mol. The lowest BCUT2D eigenvalue weighted by atomic mass is 9.96. The van der Waals surface area contributed by atoms with E-state index >= 15 is 0 Å². The summed E-state index contributed by atoms with van der Waals surface area (Å²) in [7, 11) is -5.44. The highest BCUT2D eigenvalue weighted by molar-refractivity contribution is 7.53. The molecule has 2 rings (SSSR count). The molecule has 2 atom stereocenters. The Labute approximate surface area is 317 Å². The third kappa shape index (κ3) is 20.4. The van der Waals surface area contributed by atoms with Crippen LogP contribution < -0.4 is 10.6 Å². The normalized spacial score (nSPS) is 15.7. The van der Waals surface area contributed by atoms with Gasteiger partial charge in [-0.15, -0.1) is 0 Å². The molecule has 1 aromatic rings. The van der Waals surface area contributed by atoms with E-state index in [1.165, 1.54) is 12.2 Å². The van der Waals surface area contributed by atoms with Gasteiger partial charge in [0, 0.05) is 37.7 Å². The highest BCUT2D eigenvalue weighted by Gasteiger charge is 2.23. The molecule has 0 spiro atoms. The number of aliphatic hydroxyl groups excluding tert-OH is 1. The molecule has 2 unspecified atom stereocenters. The lowest BCUT2D eigenvalue weighted by Crippen LogP contribution is -2.24. The third-order valence-corrected chi connectivity index (χ3v) is 12.0. The van der Waals surface area contributed by atoms with Crippen LogP contribution >= 0.6 is 15.6 Å². The number of benzene rings is 1. The average molecular weight is 780 g/mol. The molecule has 298 valence electrons. The van der Waals surface area contributed by atoms with Gasteiger partial charge in [-0.3, -0.25) is 23.5 Å². The largest absolute Gasteiger partial charge is 0.504 e. The number of carbonyl (C=O) groups is 3. The Balaban J connectivity index is 1.64. The zero-order chi connectivity index (χ0) is 39.1. The molecular weight excluding hydrogens is 716 g/mol. The van der Waals surface area contributed by atoms with Gasteiger partial charge in [0.2, 0.25) is 17.6 Å².